The summed E-state index contributed by atoms with van der Waals surface area (Å²) in [5.41, 5.74) is 3.38. The molecule has 1 atom stereocenters. The van der Waals surface area contributed by atoms with Crippen LogP contribution in [0, 0.1) is 6.92 Å². The molecule has 1 heterocycles. The largest absolute Gasteiger partial charge is 0.497 e. The Morgan fingerprint density at radius 3 is 2.43 bits per heavy atom. The maximum Gasteiger partial charge on any atom is 0.234 e. The van der Waals surface area contributed by atoms with Crippen LogP contribution in [0.4, 0.5) is 0 Å². The summed E-state index contributed by atoms with van der Waals surface area (Å²) < 4.78 is 34.4. The Labute approximate surface area is 165 Å². The maximum atomic E-state index is 12.4. The summed E-state index contributed by atoms with van der Waals surface area (Å²) in [4.78, 5) is 0. The Hall–Kier alpha value is -2.90. The van der Waals surface area contributed by atoms with Gasteiger partial charge in [0.25, 0.3) is 0 Å². The van der Waals surface area contributed by atoms with Crippen LogP contribution in [0.3, 0.4) is 0 Å². The molecule has 0 aliphatic heterocycles. The van der Waals surface area contributed by atoms with E-state index in [4.69, 9.17) is 4.74 Å². The zero-order valence-corrected chi connectivity index (χ0v) is 16.8. The lowest BCUT2D eigenvalue weighted by Crippen LogP contribution is -2.25. The molecule has 0 saturated carbocycles. The predicted octanol–water partition coefficient (Wildman–Crippen LogP) is 3.84. The minimum atomic E-state index is -3.59. The van der Waals surface area contributed by atoms with Crippen LogP contribution in [0.15, 0.2) is 66.2 Å². The highest BCUT2D eigenvalue weighted by molar-refractivity contribution is 7.92. The van der Waals surface area contributed by atoms with Crippen molar-refractivity contribution in [2.45, 2.75) is 19.9 Å². The molecule has 0 fully saturated rings. The number of nitrogens with zero attached hydrogens (tertiary/aromatic N) is 2. The molecule has 3 aromatic rings. The van der Waals surface area contributed by atoms with Gasteiger partial charge in [0.15, 0.2) is 0 Å². The first kappa shape index (κ1) is 19.9. The lowest BCUT2D eigenvalue weighted by Gasteiger charge is -2.13. The summed E-state index contributed by atoms with van der Waals surface area (Å²) in [6.45, 7) is 3.72. The van der Waals surface area contributed by atoms with E-state index in [0.29, 0.717) is 0 Å². The van der Waals surface area contributed by atoms with Gasteiger partial charge >= 0.3 is 0 Å². The van der Waals surface area contributed by atoms with Crippen molar-refractivity contribution >= 4 is 16.1 Å². The van der Waals surface area contributed by atoms with Crippen molar-refractivity contribution in [1.29, 1.82) is 0 Å². The number of sulfonamides is 1. The third-order valence-electron chi connectivity index (χ3n) is 4.41. The van der Waals surface area contributed by atoms with E-state index in [2.05, 4.69) is 9.82 Å². The number of hydrogen-bond donors (Lipinski definition) is 1. The average molecular weight is 398 g/mol. The van der Waals surface area contributed by atoms with Crippen LogP contribution >= 0.6 is 0 Å². The number of aromatic nitrogens is 2. The molecule has 2 aromatic carbocycles. The molecule has 146 valence electrons. The molecule has 3 rings (SSSR count). The minimum absolute atomic E-state index is 0.419. The standard InChI is InChI=1S/C21H23N3O3S/c1-16(23-28(25,26)14-13-18-7-5-4-6-8-18)21-15-22-24(17(21)2)19-9-11-20(27-3)12-10-19/h4-16,23H,1-3H3. The Balaban J connectivity index is 1.76. The average Bonchev–Trinajstić information content (AvgIpc) is 3.08. The fraction of sp³-hybridized carbons (Fsp3) is 0.190. The molecule has 28 heavy (non-hydrogen) atoms. The molecule has 0 spiro atoms. The Morgan fingerprint density at radius 1 is 1.11 bits per heavy atom. The quantitative estimate of drug-likeness (QED) is 0.657. The minimum Gasteiger partial charge on any atom is -0.497 e. The highest BCUT2D eigenvalue weighted by atomic mass is 32.2. The van der Waals surface area contributed by atoms with Crippen molar-refractivity contribution in [2.24, 2.45) is 0 Å². The molecule has 0 amide bonds. The van der Waals surface area contributed by atoms with E-state index >= 15 is 0 Å². The van der Waals surface area contributed by atoms with Gasteiger partial charge in [-0.3, -0.25) is 0 Å². The molecule has 1 unspecified atom stereocenters. The van der Waals surface area contributed by atoms with E-state index < -0.39 is 16.1 Å². The van der Waals surface area contributed by atoms with Crippen LogP contribution in [0.2, 0.25) is 0 Å². The van der Waals surface area contributed by atoms with Gasteiger partial charge in [0.2, 0.25) is 10.0 Å². The highest BCUT2D eigenvalue weighted by Crippen LogP contribution is 2.22. The molecular formula is C21H23N3O3S. The monoisotopic (exact) mass is 397 g/mol. The molecule has 6 nitrogen and oxygen atoms in total. The van der Waals surface area contributed by atoms with Gasteiger partial charge in [0.1, 0.15) is 5.75 Å². The van der Waals surface area contributed by atoms with Gasteiger partial charge < -0.3 is 4.74 Å². The van der Waals surface area contributed by atoms with E-state index in [1.54, 1.807) is 31.0 Å². The summed E-state index contributed by atoms with van der Waals surface area (Å²) in [5.74, 6) is 0.764. The first-order valence-corrected chi connectivity index (χ1v) is 10.4. The topological polar surface area (TPSA) is 73.2 Å². The van der Waals surface area contributed by atoms with E-state index in [1.165, 1.54) is 5.41 Å². The van der Waals surface area contributed by atoms with Crippen LogP contribution in [0.5, 0.6) is 5.75 Å². The predicted molar refractivity (Wildman–Crippen MR) is 111 cm³/mol. The molecule has 0 aliphatic rings. The molecular weight excluding hydrogens is 374 g/mol. The second-order valence-corrected chi connectivity index (χ2v) is 7.99. The van der Waals surface area contributed by atoms with E-state index in [0.717, 1.165) is 28.3 Å². The van der Waals surface area contributed by atoms with Gasteiger partial charge in [-0.15, -0.1) is 0 Å². The van der Waals surface area contributed by atoms with Crippen molar-refractivity contribution in [3.8, 4) is 11.4 Å². The van der Waals surface area contributed by atoms with E-state index in [-0.39, 0.29) is 0 Å². The Morgan fingerprint density at radius 2 is 1.79 bits per heavy atom. The third-order valence-corrected chi connectivity index (χ3v) is 5.59. The lowest BCUT2D eigenvalue weighted by atomic mass is 10.1. The van der Waals surface area contributed by atoms with E-state index in [1.807, 2.05) is 61.5 Å². The van der Waals surface area contributed by atoms with Gasteiger partial charge in [0.05, 0.1) is 19.0 Å². The van der Waals surface area contributed by atoms with Crippen LogP contribution in [0.1, 0.15) is 29.8 Å². The fourth-order valence-corrected chi connectivity index (χ4v) is 3.95. The molecule has 7 heteroatoms. The SMILES string of the molecule is COc1ccc(-n2ncc(C(C)NS(=O)(=O)C=Cc3ccccc3)c2C)cc1. The third kappa shape index (κ3) is 4.68. The second-order valence-electron chi connectivity index (χ2n) is 6.39. The molecule has 0 saturated heterocycles. The number of hydrogen-bond acceptors (Lipinski definition) is 4. The molecule has 0 aliphatic carbocycles. The molecule has 1 aromatic heterocycles. The zero-order chi connectivity index (χ0) is 20.1. The number of methoxy groups -OCH3 is 1. The Bertz CT molecular complexity index is 1060. The number of benzene rings is 2. The van der Waals surface area contributed by atoms with Crippen LogP contribution < -0.4 is 9.46 Å². The first-order chi connectivity index (χ1) is 13.4. The van der Waals surface area contributed by atoms with Gasteiger partial charge in [-0.2, -0.15) is 5.10 Å². The molecule has 1 N–H and O–H groups in total. The Kier molecular flexibility index (Phi) is 5.96. The highest BCUT2D eigenvalue weighted by Gasteiger charge is 2.18. The van der Waals surface area contributed by atoms with Gasteiger partial charge in [-0.05, 0) is 49.8 Å². The molecule has 0 bridgehead atoms. The molecule has 0 radical (unpaired) electrons. The summed E-state index contributed by atoms with van der Waals surface area (Å²) in [6, 6.07) is 16.4. The fourth-order valence-electron chi connectivity index (χ4n) is 2.91. The van der Waals surface area contributed by atoms with Crippen molar-refractivity contribution in [2.75, 3.05) is 7.11 Å². The van der Waals surface area contributed by atoms with Crippen LogP contribution in [-0.4, -0.2) is 25.3 Å². The summed E-state index contributed by atoms with van der Waals surface area (Å²) in [7, 11) is -1.98. The number of nitrogens with one attached hydrogen (secondary N) is 1. The van der Waals surface area contributed by atoms with Crippen LogP contribution in [0.25, 0.3) is 11.8 Å². The normalized spacial score (nSPS) is 13.0. The second kappa shape index (κ2) is 8.41. The maximum absolute atomic E-state index is 12.4. The van der Waals surface area contributed by atoms with Gasteiger partial charge in [-0.25, -0.2) is 17.8 Å². The summed E-state index contributed by atoms with van der Waals surface area (Å²) in [5, 5.41) is 5.59. The smallest absolute Gasteiger partial charge is 0.234 e. The summed E-state index contributed by atoms with van der Waals surface area (Å²) in [6.07, 6.45) is 3.26. The van der Waals surface area contributed by atoms with Crippen molar-refractivity contribution in [3.63, 3.8) is 0 Å². The number of ether oxygens (including phenoxy) is 1. The zero-order valence-electron chi connectivity index (χ0n) is 16.0. The first-order valence-electron chi connectivity index (χ1n) is 8.84. The lowest BCUT2D eigenvalue weighted by molar-refractivity contribution is 0.414. The number of rotatable bonds is 7. The van der Waals surface area contributed by atoms with Gasteiger partial charge in [-0.1, -0.05) is 30.3 Å². The van der Waals surface area contributed by atoms with Gasteiger partial charge in [0, 0.05) is 22.7 Å². The van der Waals surface area contributed by atoms with Crippen molar-refractivity contribution in [1.82, 2.24) is 14.5 Å². The van der Waals surface area contributed by atoms with Crippen molar-refractivity contribution < 1.29 is 13.2 Å². The summed E-state index contributed by atoms with van der Waals surface area (Å²) >= 11 is 0. The van der Waals surface area contributed by atoms with E-state index in [9.17, 15) is 8.42 Å². The van der Waals surface area contributed by atoms with Crippen LogP contribution in [-0.2, 0) is 10.0 Å². The van der Waals surface area contributed by atoms with Crippen molar-refractivity contribution in [3.05, 3.63) is 83.0 Å².